The van der Waals surface area contributed by atoms with Gasteiger partial charge in [0.05, 0.1) is 6.42 Å². The van der Waals surface area contributed by atoms with Crippen molar-refractivity contribution in [1.82, 2.24) is 0 Å². The van der Waals surface area contributed by atoms with Crippen LogP contribution >= 0.6 is 0 Å². The molecule has 0 aromatic heterocycles. The van der Waals surface area contributed by atoms with Crippen molar-refractivity contribution in [3.05, 3.63) is 34.4 Å². The van der Waals surface area contributed by atoms with E-state index in [9.17, 15) is 4.79 Å². The Kier molecular flexibility index (Phi) is 3.68. The number of Topliss-reactive ketones (excluding diaryl/α,β-unsaturated/α-hetero) is 1. The topological polar surface area (TPSA) is 17.1 Å². The van der Waals surface area contributed by atoms with Gasteiger partial charge in [0.25, 0.3) is 0 Å². The minimum Gasteiger partial charge on any atom is -0.293 e. The maximum Gasteiger partial charge on any atom is 0.175 e. The highest BCUT2D eigenvalue weighted by Gasteiger charge is 2.11. The lowest BCUT2D eigenvalue weighted by Crippen LogP contribution is -2.04. The van der Waals surface area contributed by atoms with Crippen molar-refractivity contribution in [2.24, 2.45) is 0 Å². The first-order chi connectivity index (χ1) is 7.06. The fourth-order valence-corrected chi connectivity index (χ4v) is 1.88. The lowest BCUT2D eigenvalue weighted by atomic mass is 9.95. The van der Waals surface area contributed by atoms with E-state index < -0.39 is 0 Å². The zero-order valence-corrected chi connectivity index (χ0v) is 9.77. The molecule has 0 saturated carbocycles. The van der Waals surface area contributed by atoms with E-state index in [1.807, 2.05) is 32.9 Å². The van der Waals surface area contributed by atoms with Crippen LogP contribution in [0.15, 0.2) is 12.1 Å². The molecule has 15 heavy (non-hydrogen) atoms. The van der Waals surface area contributed by atoms with E-state index in [0.29, 0.717) is 6.42 Å². The third kappa shape index (κ3) is 2.70. The number of hydrogen-bond acceptors (Lipinski definition) is 1. The predicted octanol–water partition coefficient (Wildman–Crippen LogP) is 3.21. The van der Waals surface area contributed by atoms with E-state index >= 15 is 0 Å². The van der Waals surface area contributed by atoms with Crippen LogP contribution in [0.25, 0.3) is 0 Å². The highest BCUT2D eigenvalue weighted by Crippen LogP contribution is 2.17. The Bertz CT molecular complexity index is 421. The van der Waals surface area contributed by atoms with Crippen molar-refractivity contribution in [2.45, 2.75) is 34.1 Å². The van der Waals surface area contributed by atoms with Crippen LogP contribution in [0.3, 0.4) is 0 Å². The Morgan fingerprint density at radius 3 is 2.20 bits per heavy atom. The van der Waals surface area contributed by atoms with Crippen LogP contribution in [0.5, 0.6) is 0 Å². The van der Waals surface area contributed by atoms with Gasteiger partial charge in [-0.1, -0.05) is 23.6 Å². The van der Waals surface area contributed by atoms with Crippen molar-refractivity contribution in [2.75, 3.05) is 0 Å². The van der Waals surface area contributed by atoms with Gasteiger partial charge < -0.3 is 0 Å². The SMILES string of the molecule is CC#CCC(=O)c1c(C)cc(C)cc1C. The second-order valence-electron chi connectivity index (χ2n) is 3.80. The molecule has 0 bridgehead atoms. The summed E-state index contributed by atoms with van der Waals surface area (Å²) in [6.07, 6.45) is 0.321. The molecule has 0 aliphatic heterocycles. The number of rotatable bonds is 2. The summed E-state index contributed by atoms with van der Waals surface area (Å²) in [4.78, 5) is 11.9. The average Bonchev–Trinajstić information content (AvgIpc) is 2.12. The number of carbonyl (C=O) groups is 1. The molecule has 0 saturated heterocycles. The summed E-state index contributed by atoms with van der Waals surface area (Å²) in [5, 5.41) is 0. The summed E-state index contributed by atoms with van der Waals surface area (Å²) in [6, 6.07) is 4.08. The van der Waals surface area contributed by atoms with E-state index in [0.717, 1.165) is 16.7 Å². The molecule has 1 nitrogen and oxygen atoms in total. The molecular weight excluding hydrogens is 184 g/mol. The van der Waals surface area contributed by atoms with Crippen LogP contribution in [0.4, 0.5) is 0 Å². The first-order valence-corrected chi connectivity index (χ1v) is 5.07. The zero-order valence-electron chi connectivity index (χ0n) is 9.77. The quantitative estimate of drug-likeness (QED) is 0.529. The van der Waals surface area contributed by atoms with Crippen molar-refractivity contribution in [3.63, 3.8) is 0 Å². The van der Waals surface area contributed by atoms with Gasteiger partial charge in [-0.05, 0) is 38.8 Å². The second-order valence-corrected chi connectivity index (χ2v) is 3.80. The summed E-state index contributed by atoms with van der Waals surface area (Å²) in [6.45, 7) is 7.75. The third-order valence-corrected chi connectivity index (χ3v) is 2.38. The largest absolute Gasteiger partial charge is 0.293 e. The minimum absolute atomic E-state index is 0.124. The van der Waals surface area contributed by atoms with Crippen LogP contribution in [-0.4, -0.2) is 5.78 Å². The molecule has 0 aliphatic rings. The number of carbonyl (C=O) groups excluding carboxylic acids is 1. The fraction of sp³-hybridized carbons (Fsp3) is 0.357. The third-order valence-electron chi connectivity index (χ3n) is 2.38. The Hall–Kier alpha value is -1.55. The monoisotopic (exact) mass is 200 g/mol. The molecule has 1 rings (SSSR count). The zero-order chi connectivity index (χ0) is 11.4. The van der Waals surface area contributed by atoms with Gasteiger partial charge in [-0.2, -0.15) is 0 Å². The molecule has 1 heteroatoms. The van der Waals surface area contributed by atoms with Gasteiger partial charge in [-0.15, -0.1) is 5.92 Å². The molecule has 0 amide bonds. The average molecular weight is 200 g/mol. The molecular formula is C14H16O. The van der Waals surface area contributed by atoms with Gasteiger partial charge in [-0.3, -0.25) is 4.79 Å². The van der Waals surface area contributed by atoms with Crippen molar-refractivity contribution in [1.29, 1.82) is 0 Å². The molecule has 1 aromatic carbocycles. The summed E-state index contributed by atoms with van der Waals surface area (Å²) in [7, 11) is 0. The molecule has 0 N–H and O–H groups in total. The normalized spacial score (nSPS) is 9.33. The molecule has 0 radical (unpaired) electrons. The van der Waals surface area contributed by atoms with Crippen molar-refractivity contribution >= 4 is 5.78 Å². The summed E-state index contributed by atoms with van der Waals surface area (Å²) >= 11 is 0. The molecule has 0 unspecified atom stereocenters. The summed E-state index contributed by atoms with van der Waals surface area (Å²) < 4.78 is 0. The Labute approximate surface area is 91.5 Å². The van der Waals surface area contributed by atoms with Gasteiger partial charge in [0.2, 0.25) is 0 Å². The molecule has 0 heterocycles. The minimum atomic E-state index is 0.124. The van der Waals surface area contributed by atoms with Gasteiger partial charge in [-0.25, -0.2) is 0 Å². The lowest BCUT2D eigenvalue weighted by molar-refractivity contribution is 0.0997. The van der Waals surface area contributed by atoms with Gasteiger partial charge in [0, 0.05) is 5.56 Å². The van der Waals surface area contributed by atoms with E-state index in [1.165, 1.54) is 5.56 Å². The standard InChI is InChI=1S/C14H16O/c1-5-6-7-13(15)14-11(3)8-10(2)9-12(14)4/h8-9H,7H2,1-4H3. The lowest BCUT2D eigenvalue weighted by Gasteiger charge is -2.08. The highest BCUT2D eigenvalue weighted by molar-refractivity contribution is 6.00. The number of ketones is 1. The smallest absolute Gasteiger partial charge is 0.175 e. The van der Waals surface area contributed by atoms with Crippen molar-refractivity contribution in [3.8, 4) is 11.8 Å². The number of aryl methyl sites for hydroxylation is 3. The molecule has 0 aliphatic carbocycles. The predicted molar refractivity (Wildman–Crippen MR) is 63.1 cm³/mol. The van der Waals surface area contributed by atoms with E-state index in [2.05, 4.69) is 11.8 Å². The van der Waals surface area contributed by atoms with E-state index in [1.54, 1.807) is 6.92 Å². The molecule has 1 aromatic rings. The number of benzene rings is 1. The molecule has 0 spiro atoms. The maximum absolute atomic E-state index is 11.9. The van der Waals surface area contributed by atoms with E-state index in [-0.39, 0.29) is 5.78 Å². The molecule has 0 fully saturated rings. The first-order valence-electron chi connectivity index (χ1n) is 5.07. The Balaban J connectivity index is 3.12. The summed E-state index contributed by atoms with van der Waals surface area (Å²) in [5.74, 6) is 5.69. The van der Waals surface area contributed by atoms with Gasteiger partial charge >= 0.3 is 0 Å². The van der Waals surface area contributed by atoms with Crippen LogP contribution < -0.4 is 0 Å². The molecule has 0 atom stereocenters. The van der Waals surface area contributed by atoms with Crippen molar-refractivity contribution < 1.29 is 4.79 Å². The first kappa shape index (κ1) is 11.5. The van der Waals surface area contributed by atoms with Crippen LogP contribution in [-0.2, 0) is 0 Å². The highest BCUT2D eigenvalue weighted by atomic mass is 16.1. The maximum atomic E-state index is 11.9. The number of hydrogen-bond donors (Lipinski definition) is 0. The summed E-state index contributed by atoms with van der Waals surface area (Å²) in [5.41, 5.74) is 4.14. The van der Waals surface area contributed by atoms with Crippen LogP contribution in [0, 0.1) is 32.6 Å². The van der Waals surface area contributed by atoms with E-state index in [4.69, 9.17) is 0 Å². The van der Waals surface area contributed by atoms with Gasteiger partial charge in [0.15, 0.2) is 5.78 Å². The Morgan fingerprint density at radius 1 is 1.20 bits per heavy atom. The van der Waals surface area contributed by atoms with Crippen LogP contribution in [0.2, 0.25) is 0 Å². The van der Waals surface area contributed by atoms with Gasteiger partial charge in [0.1, 0.15) is 0 Å². The fourth-order valence-electron chi connectivity index (χ4n) is 1.88. The van der Waals surface area contributed by atoms with Crippen LogP contribution in [0.1, 0.15) is 40.4 Å². The Morgan fingerprint density at radius 2 is 1.73 bits per heavy atom. The molecule has 78 valence electrons. The second kappa shape index (κ2) is 4.79.